The zero-order valence-electron chi connectivity index (χ0n) is 15.6. The number of fused-ring (bicyclic) bond motifs is 3. The molecule has 0 amide bonds. The average Bonchev–Trinajstić information content (AvgIpc) is 2.71. The van der Waals surface area contributed by atoms with Gasteiger partial charge in [-0.1, -0.05) is 0 Å². The molecule has 2 aromatic carbocycles. The Bertz CT molecular complexity index is 868. The number of halogens is 3. The Morgan fingerprint density at radius 1 is 1.00 bits per heavy atom. The maximum absolute atomic E-state index is 4.10. The van der Waals surface area contributed by atoms with Crippen molar-refractivity contribution in [1.82, 2.24) is 3.26 Å². The van der Waals surface area contributed by atoms with Crippen LogP contribution in [-0.4, -0.2) is 12.4 Å². The van der Waals surface area contributed by atoms with E-state index in [2.05, 4.69) is 99.2 Å². The molecule has 1 aliphatic rings. The van der Waals surface area contributed by atoms with E-state index in [9.17, 15) is 0 Å². The van der Waals surface area contributed by atoms with Crippen LogP contribution in [0.2, 0.25) is 9.26 Å². The number of benzene rings is 2. The molecule has 0 aliphatic heterocycles. The molecule has 2 aromatic rings. The molecule has 0 atom stereocenters. The summed E-state index contributed by atoms with van der Waals surface area (Å²) in [6.07, 6.45) is 1.09. The fraction of sp³-hybridized carbons (Fsp3) is 0.368. The first-order valence-corrected chi connectivity index (χ1v) is 22.6. The summed E-state index contributed by atoms with van der Waals surface area (Å²) in [5.41, 5.74) is 6.11. The van der Waals surface area contributed by atoms with Crippen molar-refractivity contribution in [2.75, 3.05) is 0 Å². The predicted octanol–water partition coefficient (Wildman–Crippen LogP) is 4.97. The van der Waals surface area contributed by atoms with Crippen LogP contribution in [0, 0.1) is 3.57 Å². The zero-order chi connectivity index (χ0) is 17.1. The summed E-state index contributed by atoms with van der Waals surface area (Å²) in [5.74, 6) is 0. The maximum Gasteiger partial charge on any atom is -0.147 e. The van der Waals surface area contributed by atoms with Crippen LogP contribution >= 0.6 is 47.4 Å². The Morgan fingerprint density at radius 3 is 2.20 bits per heavy atom. The summed E-state index contributed by atoms with van der Waals surface area (Å²) in [4.78, 5) is 0. The van der Waals surface area contributed by atoms with E-state index >= 15 is 0 Å². The van der Waals surface area contributed by atoms with Gasteiger partial charge in [-0.3, -0.25) is 0 Å². The molecular weight excluding hydrogens is 559 g/mol. The molecular formula is C19H28Cl2INSiZr. The Hall–Kier alpha value is 0.810. The van der Waals surface area contributed by atoms with Gasteiger partial charge in [-0.05, 0) is 0 Å². The molecule has 6 heteroatoms. The van der Waals surface area contributed by atoms with Crippen LogP contribution in [0.5, 0.6) is 0 Å². The Kier molecular flexibility index (Phi) is 7.32. The van der Waals surface area contributed by atoms with Crippen molar-refractivity contribution in [3.63, 3.8) is 0 Å². The van der Waals surface area contributed by atoms with Gasteiger partial charge in [-0.2, -0.15) is 0 Å². The molecule has 138 valence electrons. The minimum atomic E-state index is -3.20. The molecule has 25 heavy (non-hydrogen) atoms. The van der Waals surface area contributed by atoms with Crippen LogP contribution in [0.1, 0.15) is 31.9 Å². The van der Waals surface area contributed by atoms with E-state index in [-0.39, 0.29) is 30.4 Å². The van der Waals surface area contributed by atoms with Crippen molar-refractivity contribution in [1.29, 1.82) is 0 Å². The smallest absolute Gasteiger partial charge is 0.147 e. The molecule has 0 spiro atoms. The second-order valence-corrected chi connectivity index (χ2v) is 37.6. The molecule has 0 saturated carbocycles. The van der Waals surface area contributed by atoms with Gasteiger partial charge in [0.15, 0.2) is 0 Å². The van der Waals surface area contributed by atoms with Crippen LogP contribution in [0.25, 0.3) is 11.1 Å². The fourth-order valence-corrected chi connectivity index (χ4v) is 28.8. The van der Waals surface area contributed by atoms with Gasteiger partial charge in [0.25, 0.3) is 0 Å². The van der Waals surface area contributed by atoms with E-state index in [0.29, 0.717) is 0 Å². The minimum absolute atomic E-state index is 0. The van der Waals surface area contributed by atoms with Gasteiger partial charge in [0, 0.05) is 0 Å². The van der Waals surface area contributed by atoms with Crippen molar-refractivity contribution in [2.45, 2.75) is 42.0 Å². The van der Waals surface area contributed by atoms with Gasteiger partial charge in [0.2, 0.25) is 0 Å². The second-order valence-electron chi connectivity index (χ2n) is 8.84. The van der Waals surface area contributed by atoms with Crippen molar-refractivity contribution in [2.24, 2.45) is 0 Å². The van der Waals surface area contributed by atoms with Crippen LogP contribution in [-0.2, 0) is 24.1 Å². The molecule has 1 aliphatic carbocycles. The van der Waals surface area contributed by atoms with Crippen LogP contribution in [0.15, 0.2) is 36.4 Å². The van der Waals surface area contributed by atoms with E-state index in [4.69, 9.17) is 0 Å². The number of hydrogen-bond acceptors (Lipinski definition) is 1. The van der Waals surface area contributed by atoms with E-state index in [1.54, 1.807) is 8.83 Å². The van der Waals surface area contributed by atoms with Crippen LogP contribution in [0.3, 0.4) is 0 Å². The van der Waals surface area contributed by atoms with E-state index in [1.807, 2.05) is 0 Å². The van der Waals surface area contributed by atoms with E-state index < -0.39 is 17.7 Å². The van der Waals surface area contributed by atoms with Gasteiger partial charge in [-0.25, -0.2) is 0 Å². The van der Waals surface area contributed by atoms with Crippen LogP contribution < -0.4 is 6.53 Å². The van der Waals surface area contributed by atoms with Crippen molar-refractivity contribution in [3.05, 3.63) is 51.1 Å². The molecule has 0 unspecified atom stereocenters. The summed E-state index contributed by atoms with van der Waals surface area (Å²) in [6.45, 7) is 9.17. The topological polar surface area (TPSA) is 12.0 Å². The molecule has 0 bridgehead atoms. The van der Waals surface area contributed by atoms with Crippen molar-refractivity contribution in [3.8, 4) is 11.1 Å². The molecule has 0 fully saturated rings. The zero-order valence-corrected chi connectivity index (χ0v) is 23.2. The summed E-state index contributed by atoms with van der Waals surface area (Å²) in [6, 6.07) is 13.6. The third kappa shape index (κ3) is 4.81. The first-order valence-electron chi connectivity index (χ1n) is 8.24. The SMILES string of the molecule is CC(C)(C)[NH][Zr]([CH3])([CH3])(=[SiH2])[c]1c(I)ccc2c1Cc1ccccc1-2.Cl.Cl. The average molecular weight is 588 g/mol. The van der Waals surface area contributed by atoms with Gasteiger partial charge >= 0.3 is 158 Å². The van der Waals surface area contributed by atoms with Crippen molar-refractivity contribution < 1.29 is 17.7 Å². The van der Waals surface area contributed by atoms with Crippen LogP contribution in [0.4, 0.5) is 0 Å². The largest absolute Gasteiger partial charge is 0.147 e. The standard InChI is InChI=1S/C13H8I.C4H10N.2CH3.2ClH.H2Si.Zr/c14-11-5-6-13-10(8-11)7-9-3-1-2-4-12(9)13;1-4(2,3)5;;;;;;/h1-6H,7H2;5H,1-3H3;2*1H3;2*1H;1H2;/q;-1;;;;;;+1. The summed E-state index contributed by atoms with van der Waals surface area (Å²) in [7, 11) is 0. The van der Waals surface area contributed by atoms with E-state index in [1.165, 1.54) is 20.3 Å². The molecule has 1 nitrogen and oxygen atoms in total. The Labute approximate surface area is 181 Å². The number of nitrogens with one attached hydrogen (secondary N) is 1. The quantitative estimate of drug-likeness (QED) is 0.330. The third-order valence-electron chi connectivity index (χ3n) is 4.51. The third-order valence-corrected chi connectivity index (χ3v) is 19.0. The van der Waals surface area contributed by atoms with Crippen molar-refractivity contribution >= 4 is 57.6 Å². The Morgan fingerprint density at radius 2 is 1.60 bits per heavy atom. The molecule has 0 saturated heterocycles. The fourth-order valence-electron chi connectivity index (χ4n) is 4.31. The molecule has 0 radical (unpaired) electrons. The van der Waals surface area contributed by atoms with Gasteiger partial charge < -0.3 is 0 Å². The molecule has 0 heterocycles. The predicted molar refractivity (Wildman–Crippen MR) is 125 cm³/mol. The summed E-state index contributed by atoms with van der Waals surface area (Å²) in [5, 5.41) is 0. The van der Waals surface area contributed by atoms with E-state index in [0.717, 1.165) is 6.42 Å². The van der Waals surface area contributed by atoms with Gasteiger partial charge in [0.1, 0.15) is 0 Å². The van der Waals surface area contributed by atoms with Gasteiger partial charge in [-0.15, -0.1) is 24.8 Å². The summed E-state index contributed by atoms with van der Waals surface area (Å²) < 4.78 is 12.3. The molecule has 1 N–H and O–H groups in total. The first-order chi connectivity index (χ1) is 10.5. The molecule has 0 aromatic heterocycles. The monoisotopic (exact) mass is 585 g/mol. The maximum atomic E-state index is 4.10. The minimum Gasteiger partial charge on any atom is -0.147 e. The normalized spacial score (nSPS) is 13.4. The Balaban J connectivity index is 0.00000156. The summed E-state index contributed by atoms with van der Waals surface area (Å²) >= 11 is -0.641. The second kappa shape index (κ2) is 7.67. The molecule has 3 rings (SSSR count). The number of rotatable bonds is 2. The first kappa shape index (κ1) is 23.8. The number of hydrogen-bond donors (Lipinski definition) is 1. The van der Waals surface area contributed by atoms with Gasteiger partial charge in [0.05, 0.1) is 0 Å².